The zero-order chi connectivity index (χ0) is 16.1. The maximum Gasteiger partial charge on any atom is 0.191 e. The lowest BCUT2D eigenvalue weighted by molar-refractivity contribution is 0.632. The molecule has 0 bridgehead atoms. The molecule has 0 aliphatic heterocycles. The Labute approximate surface area is 143 Å². The number of anilines is 1. The molecule has 0 fully saturated rings. The first-order valence-corrected chi connectivity index (χ1v) is 7.45. The molecule has 3 nitrogen and oxygen atoms in total. The van der Waals surface area contributed by atoms with Crippen molar-refractivity contribution in [1.82, 2.24) is 5.43 Å². The Hall–Kier alpha value is -1.69. The average Bonchev–Trinajstić information content (AvgIpc) is 2.47. The third-order valence-corrected chi connectivity index (χ3v) is 3.51. The van der Waals surface area contributed by atoms with Crippen LogP contribution in [-0.2, 0) is 0 Å². The van der Waals surface area contributed by atoms with Crippen LogP contribution in [0.25, 0.3) is 0 Å². The van der Waals surface area contributed by atoms with Crippen molar-refractivity contribution in [1.29, 1.82) is 0 Å². The molecular weight excluding hydrogens is 344 g/mol. The van der Waals surface area contributed by atoms with Gasteiger partial charge in [0.05, 0.1) is 16.4 Å². The van der Waals surface area contributed by atoms with E-state index in [9.17, 15) is 4.39 Å². The summed E-state index contributed by atoms with van der Waals surface area (Å²) in [5.74, 6) is -0.395. The number of hydrogen-bond acceptors (Lipinski definition) is 2. The quantitative estimate of drug-likeness (QED) is 0.469. The minimum atomic E-state index is -0.395. The fourth-order valence-corrected chi connectivity index (χ4v) is 2.39. The largest absolute Gasteiger partial charge is 0.329 e. The van der Waals surface area contributed by atoms with E-state index >= 15 is 0 Å². The number of nitrogens with one attached hydrogen (secondary N) is 2. The van der Waals surface area contributed by atoms with Gasteiger partial charge in [0.15, 0.2) is 5.11 Å². The van der Waals surface area contributed by atoms with E-state index in [1.807, 2.05) is 0 Å². The van der Waals surface area contributed by atoms with Crippen molar-refractivity contribution in [3.63, 3.8) is 0 Å². The maximum atomic E-state index is 13.5. The molecule has 0 aromatic heterocycles. The molecule has 0 heterocycles. The number of nitrogens with zero attached hydrogens (tertiary/aromatic N) is 1. The van der Waals surface area contributed by atoms with Crippen LogP contribution in [0.3, 0.4) is 0 Å². The van der Waals surface area contributed by atoms with E-state index < -0.39 is 5.82 Å². The number of hydrogen-bond donors (Lipinski definition) is 2. The van der Waals surface area contributed by atoms with Crippen LogP contribution in [0.4, 0.5) is 10.1 Å². The molecule has 2 N–H and O–H groups in total. The topological polar surface area (TPSA) is 36.4 Å². The van der Waals surface area contributed by atoms with Gasteiger partial charge in [0, 0.05) is 10.6 Å². The van der Waals surface area contributed by atoms with Crippen molar-refractivity contribution in [3.05, 3.63) is 63.9 Å². The molecule has 2 aromatic rings. The molecule has 114 valence electrons. The fraction of sp³-hybridized carbons (Fsp3) is 0.0667. The molecule has 0 atom stereocenters. The van der Waals surface area contributed by atoms with Gasteiger partial charge in [0.2, 0.25) is 0 Å². The van der Waals surface area contributed by atoms with E-state index in [-0.39, 0.29) is 10.8 Å². The smallest absolute Gasteiger partial charge is 0.191 e. The van der Waals surface area contributed by atoms with Crippen LogP contribution < -0.4 is 10.7 Å². The second kappa shape index (κ2) is 7.54. The molecule has 22 heavy (non-hydrogen) atoms. The van der Waals surface area contributed by atoms with Crippen molar-refractivity contribution in [3.8, 4) is 0 Å². The lowest BCUT2D eigenvalue weighted by atomic mass is 10.1. The number of benzene rings is 2. The van der Waals surface area contributed by atoms with E-state index in [0.717, 1.165) is 5.56 Å². The molecule has 0 spiro atoms. The molecule has 0 aliphatic rings. The van der Waals surface area contributed by atoms with Gasteiger partial charge >= 0.3 is 0 Å². The SMILES string of the molecule is C/C(=N/NC(=S)Nc1ccccc1F)c1ccc(Cl)cc1Cl. The van der Waals surface area contributed by atoms with Crippen LogP contribution in [-0.4, -0.2) is 10.8 Å². The highest BCUT2D eigenvalue weighted by atomic mass is 35.5. The standard InChI is InChI=1S/C15H12Cl2FN3S/c1-9(11-7-6-10(16)8-12(11)17)20-21-15(22)19-14-5-3-2-4-13(14)18/h2-8H,1H3,(H2,19,21,22)/b20-9-. The van der Waals surface area contributed by atoms with Crippen molar-refractivity contribution in [2.45, 2.75) is 6.92 Å². The molecule has 0 unspecified atom stereocenters. The third-order valence-electron chi connectivity index (χ3n) is 2.77. The number of thiocarbonyl (C=S) groups is 1. The van der Waals surface area contributed by atoms with Gasteiger partial charge in [-0.1, -0.05) is 41.4 Å². The number of para-hydroxylation sites is 1. The van der Waals surface area contributed by atoms with Gasteiger partial charge in [-0.25, -0.2) is 4.39 Å². The Balaban J connectivity index is 2.04. The van der Waals surface area contributed by atoms with Gasteiger partial charge in [-0.2, -0.15) is 5.10 Å². The molecule has 2 rings (SSSR count). The van der Waals surface area contributed by atoms with E-state index in [2.05, 4.69) is 15.8 Å². The number of rotatable bonds is 3. The first-order valence-electron chi connectivity index (χ1n) is 6.28. The predicted octanol–water partition coefficient (Wildman–Crippen LogP) is 4.84. The summed E-state index contributed by atoms with van der Waals surface area (Å²) < 4.78 is 13.5. The summed E-state index contributed by atoms with van der Waals surface area (Å²) in [7, 11) is 0. The van der Waals surface area contributed by atoms with Crippen LogP contribution in [0.2, 0.25) is 10.0 Å². The minimum Gasteiger partial charge on any atom is -0.329 e. The van der Waals surface area contributed by atoms with Crippen LogP contribution in [0.15, 0.2) is 47.6 Å². The zero-order valence-electron chi connectivity index (χ0n) is 11.5. The lowest BCUT2D eigenvalue weighted by Crippen LogP contribution is -2.25. The van der Waals surface area contributed by atoms with E-state index in [4.69, 9.17) is 35.4 Å². The summed E-state index contributed by atoms with van der Waals surface area (Å²) in [5, 5.41) is 8.06. The summed E-state index contributed by atoms with van der Waals surface area (Å²) in [6.45, 7) is 1.77. The molecule has 0 saturated heterocycles. The van der Waals surface area contributed by atoms with Gasteiger partial charge in [0.1, 0.15) is 5.82 Å². The zero-order valence-corrected chi connectivity index (χ0v) is 13.9. The van der Waals surface area contributed by atoms with Crippen molar-refractivity contribution in [2.75, 3.05) is 5.32 Å². The molecular formula is C15H12Cl2FN3S. The van der Waals surface area contributed by atoms with Gasteiger partial charge in [-0.05, 0) is 43.4 Å². The van der Waals surface area contributed by atoms with Gasteiger partial charge in [-0.3, -0.25) is 5.43 Å². The molecule has 0 amide bonds. The Kier molecular flexibility index (Phi) is 5.71. The lowest BCUT2D eigenvalue weighted by Gasteiger charge is -2.09. The Morgan fingerprint density at radius 1 is 1.18 bits per heavy atom. The number of hydrazone groups is 1. The van der Waals surface area contributed by atoms with Crippen LogP contribution in [0.1, 0.15) is 12.5 Å². The molecule has 2 aromatic carbocycles. The average molecular weight is 356 g/mol. The normalized spacial score (nSPS) is 11.2. The third kappa shape index (κ3) is 4.40. The Morgan fingerprint density at radius 3 is 2.59 bits per heavy atom. The van der Waals surface area contributed by atoms with Gasteiger partial charge in [0.25, 0.3) is 0 Å². The van der Waals surface area contributed by atoms with E-state index in [0.29, 0.717) is 15.8 Å². The summed E-state index contributed by atoms with van der Waals surface area (Å²) in [4.78, 5) is 0. The van der Waals surface area contributed by atoms with E-state index in [1.54, 1.807) is 43.3 Å². The predicted molar refractivity (Wildman–Crippen MR) is 94.4 cm³/mol. The first-order chi connectivity index (χ1) is 10.5. The number of halogens is 3. The van der Waals surface area contributed by atoms with E-state index in [1.165, 1.54) is 6.07 Å². The highest BCUT2D eigenvalue weighted by Gasteiger charge is 2.06. The fourth-order valence-electron chi connectivity index (χ4n) is 1.69. The Bertz CT molecular complexity index is 734. The van der Waals surface area contributed by atoms with Crippen LogP contribution in [0, 0.1) is 5.82 Å². The highest BCUT2D eigenvalue weighted by molar-refractivity contribution is 7.80. The molecule has 0 radical (unpaired) electrons. The minimum absolute atomic E-state index is 0.175. The van der Waals surface area contributed by atoms with Gasteiger partial charge < -0.3 is 5.32 Å². The summed E-state index contributed by atoms with van der Waals surface area (Å²) >= 11 is 17.0. The molecule has 0 saturated carbocycles. The molecule has 0 aliphatic carbocycles. The first kappa shape index (κ1) is 16.7. The van der Waals surface area contributed by atoms with Crippen LogP contribution >= 0.6 is 35.4 Å². The van der Waals surface area contributed by atoms with Crippen LogP contribution in [0.5, 0.6) is 0 Å². The monoisotopic (exact) mass is 355 g/mol. The van der Waals surface area contributed by atoms with Gasteiger partial charge in [-0.15, -0.1) is 0 Å². The van der Waals surface area contributed by atoms with Crippen molar-refractivity contribution >= 4 is 51.9 Å². The summed E-state index contributed by atoms with van der Waals surface area (Å²) in [6.07, 6.45) is 0. The second-order valence-corrected chi connectivity index (χ2v) is 5.62. The van der Waals surface area contributed by atoms with Crippen molar-refractivity contribution < 1.29 is 4.39 Å². The second-order valence-electron chi connectivity index (χ2n) is 4.37. The highest BCUT2D eigenvalue weighted by Crippen LogP contribution is 2.21. The maximum absolute atomic E-state index is 13.5. The Morgan fingerprint density at radius 2 is 1.91 bits per heavy atom. The molecule has 7 heteroatoms. The summed E-state index contributed by atoms with van der Waals surface area (Å²) in [6, 6.07) is 11.3. The summed E-state index contributed by atoms with van der Waals surface area (Å²) in [5.41, 5.74) is 4.28. The van der Waals surface area contributed by atoms with Crippen molar-refractivity contribution in [2.24, 2.45) is 5.10 Å².